The Labute approximate surface area is 183 Å². The van der Waals surface area contributed by atoms with Gasteiger partial charge in [-0.05, 0) is 41.8 Å². The van der Waals surface area contributed by atoms with Crippen LogP contribution in [0.5, 0.6) is 11.5 Å². The van der Waals surface area contributed by atoms with Crippen LogP contribution >= 0.6 is 15.9 Å². The molecule has 30 heavy (non-hydrogen) atoms. The molecule has 1 aliphatic heterocycles. The third-order valence-electron chi connectivity index (χ3n) is 4.92. The number of hydrogen-bond acceptors (Lipinski definition) is 5. The molecule has 1 atom stereocenters. The van der Waals surface area contributed by atoms with E-state index in [1.807, 2.05) is 36.4 Å². The van der Waals surface area contributed by atoms with Gasteiger partial charge >= 0.3 is 5.97 Å². The Morgan fingerprint density at radius 1 is 1.10 bits per heavy atom. The number of carbonyl (C=O) groups excluding carboxylic acids is 1. The normalized spacial score (nSPS) is 15.6. The van der Waals surface area contributed by atoms with E-state index in [1.165, 1.54) is 5.01 Å². The first-order chi connectivity index (χ1) is 14.4. The van der Waals surface area contributed by atoms with Crippen molar-refractivity contribution in [3.05, 3.63) is 58.1 Å². The molecule has 1 aliphatic rings. The van der Waals surface area contributed by atoms with Crippen molar-refractivity contribution in [2.45, 2.75) is 31.7 Å². The van der Waals surface area contributed by atoms with Crippen LogP contribution in [-0.2, 0) is 9.59 Å². The van der Waals surface area contributed by atoms with Crippen LogP contribution in [0, 0.1) is 0 Å². The Morgan fingerprint density at radius 3 is 2.43 bits per heavy atom. The Hall–Kier alpha value is -2.87. The third kappa shape index (κ3) is 4.99. The van der Waals surface area contributed by atoms with Gasteiger partial charge in [0.2, 0.25) is 5.91 Å². The zero-order valence-electron chi connectivity index (χ0n) is 16.8. The number of ether oxygens (including phenoxy) is 2. The lowest BCUT2D eigenvalue weighted by molar-refractivity contribution is -0.137. The molecule has 0 radical (unpaired) electrons. The largest absolute Gasteiger partial charge is 0.493 e. The highest BCUT2D eigenvalue weighted by molar-refractivity contribution is 9.10. The van der Waals surface area contributed by atoms with Crippen LogP contribution in [0.15, 0.2) is 52.0 Å². The molecule has 0 saturated heterocycles. The Kier molecular flexibility index (Phi) is 7.10. The zero-order valence-corrected chi connectivity index (χ0v) is 18.4. The van der Waals surface area contributed by atoms with Crippen LogP contribution in [0.25, 0.3) is 0 Å². The summed E-state index contributed by atoms with van der Waals surface area (Å²) in [5.74, 6) is 0.0564. The van der Waals surface area contributed by atoms with Crippen molar-refractivity contribution in [1.29, 1.82) is 0 Å². The fraction of sp³-hybridized carbons (Fsp3) is 0.318. The summed E-state index contributed by atoms with van der Waals surface area (Å²) in [6.07, 6.45) is 0.880. The molecule has 0 aromatic heterocycles. The summed E-state index contributed by atoms with van der Waals surface area (Å²) in [5, 5.41) is 14.9. The second-order valence-electron chi connectivity index (χ2n) is 6.87. The molecule has 2 aromatic carbocycles. The number of carbonyl (C=O) groups is 2. The summed E-state index contributed by atoms with van der Waals surface area (Å²) in [7, 11) is 3.13. The molecular weight excluding hydrogens is 452 g/mol. The van der Waals surface area contributed by atoms with Gasteiger partial charge in [0.1, 0.15) is 0 Å². The van der Waals surface area contributed by atoms with E-state index in [1.54, 1.807) is 20.3 Å². The summed E-state index contributed by atoms with van der Waals surface area (Å²) in [4.78, 5) is 23.7. The lowest BCUT2D eigenvalue weighted by atomic mass is 9.98. The summed E-state index contributed by atoms with van der Waals surface area (Å²) in [5.41, 5.74) is 2.61. The fourth-order valence-electron chi connectivity index (χ4n) is 3.38. The minimum absolute atomic E-state index is 0.0517. The number of carboxylic acid groups (broad SMARTS) is 1. The highest BCUT2D eigenvalue weighted by atomic mass is 79.9. The Balaban J connectivity index is 1.90. The van der Waals surface area contributed by atoms with Gasteiger partial charge < -0.3 is 14.6 Å². The summed E-state index contributed by atoms with van der Waals surface area (Å²) < 4.78 is 11.7. The maximum Gasteiger partial charge on any atom is 0.303 e. The van der Waals surface area contributed by atoms with Gasteiger partial charge in [0, 0.05) is 23.7 Å². The van der Waals surface area contributed by atoms with E-state index in [0.29, 0.717) is 17.9 Å². The smallest absolute Gasteiger partial charge is 0.303 e. The standard InChI is InChI=1S/C22H23BrN2O5/c1-29-19-11-8-15(12-20(19)30-2)18-13-17(14-6-9-16(23)10-7-14)24-25(18)21(26)4-3-5-22(27)28/h6-12,18H,3-5,13H2,1-2H3,(H,27,28). The van der Waals surface area contributed by atoms with Crippen molar-refractivity contribution in [3.8, 4) is 11.5 Å². The van der Waals surface area contributed by atoms with Crippen molar-refractivity contribution >= 4 is 33.5 Å². The van der Waals surface area contributed by atoms with E-state index in [4.69, 9.17) is 14.6 Å². The molecule has 1 N–H and O–H groups in total. The summed E-state index contributed by atoms with van der Waals surface area (Å²) in [6.45, 7) is 0. The van der Waals surface area contributed by atoms with Crippen LogP contribution in [0.2, 0.25) is 0 Å². The highest BCUT2D eigenvalue weighted by Crippen LogP contribution is 2.37. The van der Waals surface area contributed by atoms with Crippen molar-refractivity contribution in [1.82, 2.24) is 5.01 Å². The molecular formula is C22H23BrN2O5. The van der Waals surface area contributed by atoms with Crippen molar-refractivity contribution in [3.63, 3.8) is 0 Å². The number of benzene rings is 2. The topological polar surface area (TPSA) is 88.4 Å². The van der Waals surface area contributed by atoms with Crippen molar-refractivity contribution in [2.75, 3.05) is 14.2 Å². The molecule has 0 saturated carbocycles. The fourth-order valence-corrected chi connectivity index (χ4v) is 3.65. The number of rotatable bonds is 8. The van der Waals surface area contributed by atoms with Gasteiger partial charge in [0.05, 0.1) is 26.0 Å². The van der Waals surface area contributed by atoms with Gasteiger partial charge in [0.25, 0.3) is 0 Å². The van der Waals surface area contributed by atoms with Gasteiger partial charge in [-0.1, -0.05) is 34.1 Å². The predicted molar refractivity (Wildman–Crippen MR) is 116 cm³/mol. The van der Waals surface area contributed by atoms with Gasteiger partial charge in [0.15, 0.2) is 11.5 Å². The molecule has 1 heterocycles. The molecule has 0 aliphatic carbocycles. The van der Waals surface area contributed by atoms with Gasteiger partial charge in [-0.15, -0.1) is 0 Å². The number of carboxylic acids is 1. The number of aliphatic carboxylic acids is 1. The van der Waals surface area contributed by atoms with Crippen LogP contribution in [0.4, 0.5) is 0 Å². The number of nitrogens with zero attached hydrogens (tertiary/aromatic N) is 2. The maximum absolute atomic E-state index is 12.9. The van der Waals surface area contributed by atoms with Gasteiger partial charge in [-0.3, -0.25) is 9.59 Å². The molecule has 1 amide bonds. The number of amides is 1. The van der Waals surface area contributed by atoms with E-state index < -0.39 is 5.97 Å². The first kappa shape index (κ1) is 21.8. The minimum Gasteiger partial charge on any atom is -0.493 e. The van der Waals surface area contributed by atoms with E-state index in [9.17, 15) is 9.59 Å². The molecule has 0 spiro atoms. The molecule has 0 fully saturated rings. The Morgan fingerprint density at radius 2 is 1.80 bits per heavy atom. The lowest BCUT2D eigenvalue weighted by Gasteiger charge is -2.23. The zero-order chi connectivity index (χ0) is 21.7. The van der Waals surface area contributed by atoms with Crippen LogP contribution < -0.4 is 9.47 Å². The monoisotopic (exact) mass is 474 g/mol. The average molecular weight is 475 g/mol. The predicted octanol–water partition coefficient (Wildman–Crippen LogP) is 4.40. The summed E-state index contributed by atoms with van der Waals surface area (Å²) in [6, 6.07) is 13.0. The number of hydrogen-bond donors (Lipinski definition) is 1. The highest BCUT2D eigenvalue weighted by Gasteiger charge is 2.33. The first-order valence-electron chi connectivity index (χ1n) is 9.52. The number of halogens is 1. The lowest BCUT2D eigenvalue weighted by Crippen LogP contribution is -2.27. The van der Waals surface area contributed by atoms with Crippen molar-refractivity contribution in [2.24, 2.45) is 5.10 Å². The van der Waals surface area contributed by atoms with Crippen LogP contribution in [-0.4, -0.2) is 41.9 Å². The summed E-state index contributed by atoms with van der Waals surface area (Å²) >= 11 is 3.43. The second-order valence-corrected chi connectivity index (χ2v) is 7.79. The van der Waals surface area contributed by atoms with Crippen molar-refractivity contribution < 1.29 is 24.2 Å². The average Bonchev–Trinajstić information content (AvgIpc) is 3.19. The number of hydrazone groups is 1. The van der Waals surface area contributed by atoms with Crippen LogP contribution in [0.1, 0.15) is 42.9 Å². The molecule has 8 heteroatoms. The van der Waals surface area contributed by atoms with E-state index in [2.05, 4.69) is 21.0 Å². The van der Waals surface area contributed by atoms with Crippen LogP contribution in [0.3, 0.4) is 0 Å². The molecule has 158 valence electrons. The molecule has 3 rings (SSSR count). The minimum atomic E-state index is -0.917. The first-order valence-corrected chi connectivity index (χ1v) is 10.3. The van der Waals surface area contributed by atoms with Gasteiger partial charge in [-0.2, -0.15) is 5.10 Å². The number of methoxy groups -OCH3 is 2. The maximum atomic E-state index is 12.9. The molecule has 1 unspecified atom stereocenters. The second kappa shape index (κ2) is 9.75. The molecule has 7 nitrogen and oxygen atoms in total. The third-order valence-corrected chi connectivity index (χ3v) is 5.45. The Bertz CT molecular complexity index is 959. The SMILES string of the molecule is COc1ccc(C2CC(c3ccc(Br)cc3)=NN2C(=O)CCCC(=O)O)cc1OC. The van der Waals surface area contributed by atoms with Gasteiger partial charge in [-0.25, -0.2) is 5.01 Å². The quantitative estimate of drug-likeness (QED) is 0.612. The molecule has 0 bridgehead atoms. The molecule has 2 aromatic rings. The van der Waals surface area contributed by atoms with E-state index in [0.717, 1.165) is 21.3 Å². The van der Waals surface area contributed by atoms with E-state index >= 15 is 0 Å². The van der Waals surface area contributed by atoms with E-state index in [-0.39, 0.29) is 31.2 Å².